The van der Waals surface area contributed by atoms with Gasteiger partial charge in [0.1, 0.15) is 0 Å². The van der Waals surface area contributed by atoms with E-state index in [9.17, 15) is 0 Å². The van der Waals surface area contributed by atoms with E-state index in [-0.39, 0.29) is 0 Å². The highest BCUT2D eigenvalue weighted by Gasteiger charge is 2.05. The van der Waals surface area contributed by atoms with E-state index >= 15 is 0 Å². The van der Waals surface area contributed by atoms with Gasteiger partial charge in [-0.2, -0.15) is 0 Å². The topological polar surface area (TPSA) is 60.2 Å². The van der Waals surface area contributed by atoms with E-state index in [4.69, 9.17) is 10.6 Å². The number of hydrogen-bond donors (Lipinski definition) is 2. The van der Waals surface area contributed by atoms with Crippen LogP contribution in [0, 0.1) is 0 Å². The van der Waals surface area contributed by atoms with Crippen LogP contribution in [0.15, 0.2) is 16.7 Å². The van der Waals surface area contributed by atoms with Crippen LogP contribution in [-0.4, -0.2) is 12.1 Å². The van der Waals surface area contributed by atoms with E-state index in [1.54, 1.807) is 19.4 Å². The number of hydrogen-bond acceptors (Lipinski definition) is 4. The number of aromatic nitrogens is 1. The lowest BCUT2D eigenvalue weighted by Gasteiger charge is -2.06. The Kier molecular flexibility index (Phi) is 2.67. The minimum Gasteiger partial charge on any atom is -0.492 e. The third-order valence-electron chi connectivity index (χ3n) is 1.20. The fourth-order valence-electron chi connectivity index (χ4n) is 0.722. The normalized spacial score (nSPS) is 9.36. The molecule has 0 aromatic carbocycles. The van der Waals surface area contributed by atoms with E-state index < -0.39 is 0 Å². The van der Waals surface area contributed by atoms with Gasteiger partial charge in [0.2, 0.25) is 0 Å². The maximum absolute atomic E-state index is 5.18. The summed E-state index contributed by atoms with van der Waals surface area (Å²) in [6.45, 7) is 0. The van der Waals surface area contributed by atoms with Crippen LogP contribution in [0.1, 0.15) is 0 Å². The monoisotopic (exact) mass is 217 g/mol. The number of pyridine rings is 1. The summed E-state index contributed by atoms with van der Waals surface area (Å²) in [5, 5.41) is 0. The number of hydrazine groups is 1. The van der Waals surface area contributed by atoms with Crippen molar-refractivity contribution in [2.24, 2.45) is 5.84 Å². The first kappa shape index (κ1) is 8.29. The van der Waals surface area contributed by atoms with Crippen LogP contribution < -0.4 is 16.0 Å². The second-order valence-corrected chi connectivity index (χ2v) is 2.67. The van der Waals surface area contributed by atoms with Gasteiger partial charge in [0.05, 0.1) is 11.6 Å². The molecule has 0 aliphatic rings. The quantitative estimate of drug-likeness (QED) is 0.577. The van der Waals surface area contributed by atoms with E-state index in [2.05, 4.69) is 26.3 Å². The number of nitrogens with zero attached hydrogens (tertiary/aromatic N) is 1. The van der Waals surface area contributed by atoms with Gasteiger partial charge < -0.3 is 10.2 Å². The zero-order valence-corrected chi connectivity index (χ0v) is 7.55. The number of nitrogens with two attached hydrogens (primary N) is 1. The SMILES string of the molecule is COc1c(Br)ccnc1NN. The zero-order valence-electron chi connectivity index (χ0n) is 5.97. The van der Waals surface area contributed by atoms with Crippen LogP contribution in [0.3, 0.4) is 0 Å². The van der Waals surface area contributed by atoms with Crippen molar-refractivity contribution in [3.63, 3.8) is 0 Å². The van der Waals surface area contributed by atoms with Gasteiger partial charge in [0.25, 0.3) is 0 Å². The number of nitrogens with one attached hydrogen (secondary N) is 1. The zero-order chi connectivity index (χ0) is 8.27. The molecule has 0 aliphatic heterocycles. The summed E-state index contributed by atoms with van der Waals surface area (Å²) in [6.07, 6.45) is 1.63. The largest absolute Gasteiger partial charge is 0.492 e. The first-order valence-electron chi connectivity index (χ1n) is 2.94. The summed E-state index contributed by atoms with van der Waals surface area (Å²) in [5.41, 5.74) is 2.42. The third kappa shape index (κ3) is 1.61. The summed E-state index contributed by atoms with van der Waals surface area (Å²) >= 11 is 3.29. The van der Waals surface area contributed by atoms with E-state index in [0.29, 0.717) is 11.6 Å². The Morgan fingerprint density at radius 1 is 1.73 bits per heavy atom. The molecule has 0 saturated carbocycles. The molecule has 4 nitrogen and oxygen atoms in total. The standard InChI is InChI=1S/C6H8BrN3O/c1-11-5-4(7)2-3-9-6(5)10-8/h2-3H,8H2,1H3,(H,9,10). The second-order valence-electron chi connectivity index (χ2n) is 1.82. The molecule has 0 bridgehead atoms. The van der Waals surface area contributed by atoms with Crippen molar-refractivity contribution in [3.8, 4) is 5.75 Å². The van der Waals surface area contributed by atoms with E-state index in [1.807, 2.05) is 0 Å². The molecule has 0 fully saturated rings. The van der Waals surface area contributed by atoms with E-state index in [1.165, 1.54) is 0 Å². The highest BCUT2D eigenvalue weighted by molar-refractivity contribution is 9.10. The lowest BCUT2D eigenvalue weighted by molar-refractivity contribution is 0.412. The fraction of sp³-hybridized carbons (Fsp3) is 0.167. The Hall–Kier alpha value is -0.810. The van der Waals surface area contributed by atoms with Gasteiger partial charge in [0.15, 0.2) is 11.6 Å². The van der Waals surface area contributed by atoms with Gasteiger partial charge in [-0.05, 0) is 22.0 Å². The van der Waals surface area contributed by atoms with Crippen LogP contribution in [0.25, 0.3) is 0 Å². The van der Waals surface area contributed by atoms with Gasteiger partial charge in [-0.25, -0.2) is 10.8 Å². The molecule has 11 heavy (non-hydrogen) atoms. The highest BCUT2D eigenvalue weighted by atomic mass is 79.9. The average molecular weight is 218 g/mol. The van der Waals surface area contributed by atoms with Gasteiger partial charge in [-0.3, -0.25) is 0 Å². The van der Waals surface area contributed by atoms with Crippen molar-refractivity contribution in [2.45, 2.75) is 0 Å². The van der Waals surface area contributed by atoms with Crippen molar-refractivity contribution in [3.05, 3.63) is 16.7 Å². The number of halogens is 1. The Bertz CT molecular complexity index is 254. The molecule has 0 amide bonds. The maximum Gasteiger partial charge on any atom is 0.184 e. The van der Waals surface area contributed by atoms with Crippen molar-refractivity contribution in [1.29, 1.82) is 0 Å². The minimum absolute atomic E-state index is 0.516. The molecular formula is C6H8BrN3O. The summed E-state index contributed by atoms with van der Waals surface area (Å²) in [4.78, 5) is 3.94. The molecule has 0 saturated heterocycles. The second kappa shape index (κ2) is 3.54. The molecule has 1 rings (SSSR count). The van der Waals surface area contributed by atoms with Crippen LogP contribution >= 0.6 is 15.9 Å². The maximum atomic E-state index is 5.18. The average Bonchev–Trinajstić information content (AvgIpc) is 2.04. The number of methoxy groups -OCH3 is 1. The number of nitrogen functional groups attached to an aromatic ring is 1. The van der Waals surface area contributed by atoms with Crippen molar-refractivity contribution >= 4 is 21.7 Å². The van der Waals surface area contributed by atoms with Crippen molar-refractivity contribution in [2.75, 3.05) is 12.5 Å². The molecule has 1 heterocycles. The van der Waals surface area contributed by atoms with Gasteiger partial charge in [-0.15, -0.1) is 0 Å². The molecule has 1 aromatic rings. The van der Waals surface area contributed by atoms with Crippen LogP contribution in [0.2, 0.25) is 0 Å². The predicted molar refractivity (Wildman–Crippen MR) is 46.3 cm³/mol. The van der Waals surface area contributed by atoms with Crippen LogP contribution in [0.4, 0.5) is 5.82 Å². The van der Waals surface area contributed by atoms with Crippen molar-refractivity contribution in [1.82, 2.24) is 4.98 Å². The van der Waals surface area contributed by atoms with Gasteiger partial charge >= 0.3 is 0 Å². The van der Waals surface area contributed by atoms with Crippen LogP contribution in [0.5, 0.6) is 5.75 Å². The summed E-state index contributed by atoms with van der Waals surface area (Å²) < 4.78 is 5.84. The molecule has 0 aliphatic carbocycles. The third-order valence-corrected chi connectivity index (χ3v) is 1.82. The lowest BCUT2D eigenvalue weighted by atomic mass is 10.4. The molecule has 60 valence electrons. The minimum atomic E-state index is 0.516. The Morgan fingerprint density at radius 2 is 2.45 bits per heavy atom. The van der Waals surface area contributed by atoms with Crippen molar-refractivity contribution < 1.29 is 4.74 Å². The molecule has 0 atom stereocenters. The molecule has 5 heteroatoms. The Morgan fingerprint density at radius 3 is 2.91 bits per heavy atom. The lowest BCUT2D eigenvalue weighted by Crippen LogP contribution is -2.09. The number of anilines is 1. The first-order valence-corrected chi connectivity index (χ1v) is 3.74. The van der Waals surface area contributed by atoms with E-state index in [0.717, 1.165) is 4.47 Å². The molecule has 0 unspecified atom stereocenters. The van der Waals surface area contributed by atoms with Crippen LogP contribution in [-0.2, 0) is 0 Å². The number of ether oxygens (including phenoxy) is 1. The Labute approximate surface area is 72.9 Å². The molecule has 1 aromatic heterocycles. The summed E-state index contributed by atoms with van der Waals surface area (Å²) in [5.74, 6) is 6.30. The van der Waals surface area contributed by atoms with Gasteiger partial charge in [0, 0.05) is 6.20 Å². The fourth-order valence-corrected chi connectivity index (χ4v) is 1.19. The Balaban J connectivity index is 3.13. The molecule has 0 spiro atoms. The van der Waals surface area contributed by atoms with Gasteiger partial charge in [-0.1, -0.05) is 0 Å². The first-order chi connectivity index (χ1) is 5.29. The highest BCUT2D eigenvalue weighted by Crippen LogP contribution is 2.29. The summed E-state index contributed by atoms with van der Waals surface area (Å²) in [7, 11) is 1.56. The predicted octanol–water partition coefficient (Wildman–Crippen LogP) is 1.14. The molecule has 0 radical (unpaired) electrons. The molecule has 3 N–H and O–H groups in total. The summed E-state index contributed by atoms with van der Waals surface area (Å²) in [6, 6.07) is 1.78. The smallest absolute Gasteiger partial charge is 0.184 e. The molecular weight excluding hydrogens is 210 g/mol. The number of rotatable bonds is 2.